The van der Waals surface area contributed by atoms with Crippen molar-refractivity contribution in [3.05, 3.63) is 11.6 Å². The molecule has 0 bridgehead atoms. The van der Waals surface area contributed by atoms with Gasteiger partial charge in [0.2, 0.25) is 5.91 Å². The minimum absolute atomic E-state index is 0.240. The number of unbranched alkanes of at least 4 members (excludes halogenated alkanes) is 1. The van der Waals surface area contributed by atoms with Crippen molar-refractivity contribution in [3.63, 3.8) is 0 Å². The Bertz CT molecular complexity index is 629. The highest BCUT2D eigenvalue weighted by Gasteiger charge is 2.15. The van der Waals surface area contributed by atoms with Crippen LogP contribution in [0.4, 0.5) is 5.00 Å². The van der Waals surface area contributed by atoms with Crippen molar-refractivity contribution in [2.75, 3.05) is 11.1 Å². The fourth-order valence-electron chi connectivity index (χ4n) is 2.90. The number of anilines is 1. The van der Waals surface area contributed by atoms with Crippen LogP contribution in [0.1, 0.15) is 82.5 Å². The first-order valence-electron chi connectivity index (χ1n) is 9.73. The maximum atomic E-state index is 12.1. The fraction of sp³-hybridized carbons (Fsp3) is 0.650. The van der Waals surface area contributed by atoms with E-state index >= 15 is 0 Å². The summed E-state index contributed by atoms with van der Waals surface area (Å²) >= 11 is 2.84. The van der Waals surface area contributed by atoms with Gasteiger partial charge >= 0.3 is 0 Å². The first-order valence-corrected chi connectivity index (χ1v) is 11.5. The van der Waals surface area contributed by atoms with Crippen LogP contribution in [0.25, 0.3) is 0 Å². The molecule has 0 radical (unpaired) electrons. The van der Waals surface area contributed by atoms with E-state index in [1.807, 2.05) is 0 Å². The molecule has 0 fully saturated rings. The first-order chi connectivity index (χ1) is 12.9. The lowest BCUT2D eigenvalue weighted by molar-refractivity contribution is -0.118. The number of carbonyl (C=O) groups is 3. The number of hydrogen-bond acceptors (Lipinski definition) is 5. The highest BCUT2D eigenvalue weighted by Crippen LogP contribution is 2.35. The molecule has 2 amide bonds. The predicted molar refractivity (Wildman–Crippen MR) is 115 cm³/mol. The Morgan fingerprint density at radius 1 is 1.19 bits per heavy atom. The molecule has 5 nitrogen and oxygen atoms in total. The van der Waals surface area contributed by atoms with Gasteiger partial charge in [0, 0.05) is 25.5 Å². The van der Waals surface area contributed by atoms with Crippen LogP contribution in [-0.4, -0.2) is 23.4 Å². The normalized spacial score (nSPS) is 12.0. The summed E-state index contributed by atoms with van der Waals surface area (Å²) in [7, 11) is 0. The molecule has 0 saturated heterocycles. The van der Waals surface area contributed by atoms with E-state index < -0.39 is 5.91 Å². The molecule has 27 heavy (non-hydrogen) atoms. The summed E-state index contributed by atoms with van der Waals surface area (Å²) in [6.07, 6.45) is 8.27. The van der Waals surface area contributed by atoms with Crippen molar-refractivity contribution in [2.45, 2.75) is 76.3 Å². The Kier molecular flexibility index (Phi) is 11.4. The average molecular weight is 413 g/mol. The number of nitrogens with one attached hydrogen (secondary N) is 1. The van der Waals surface area contributed by atoms with Crippen LogP contribution in [0.2, 0.25) is 0 Å². The Balaban J connectivity index is 2.37. The summed E-state index contributed by atoms with van der Waals surface area (Å²) in [5.41, 5.74) is 5.68. The molecule has 0 spiro atoms. The highest BCUT2D eigenvalue weighted by atomic mass is 32.2. The number of hydrogen-bond donors (Lipinski definition) is 2. The van der Waals surface area contributed by atoms with E-state index in [9.17, 15) is 14.4 Å². The maximum absolute atomic E-state index is 12.1. The molecule has 0 aliphatic rings. The van der Waals surface area contributed by atoms with E-state index in [1.54, 1.807) is 6.07 Å². The number of primary amides is 1. The van der Waals surface area contributed by atoms with Gasteiger partial charge in [-0.2, -0.15) is 0 Å². The Morgan fingerprint density at radius 2 is 1.89 bits per heavy atom. The number of rotatable bonds is 14. The SMILES string of the molecule is CCCCC(CC)CCCC(=O)CCSc1cc(C(N)=O)c(NC(C)=O)s1. The minimum atomic E-state index is -0.563. The second kappa shape index (κ2) is 12.9. The molecule has 0 saturated carbocycles. The second-order valence-corrected chi connectivity index (χ2v) is 9.25. The molecule has 1 atom stereocenters. The van der Waals surface area contributed by atoms with Crippen LogP contribution in [0.3, 0.4) is 0 Å². The average Bonchev–Trinajstić information content (AvgIpc) is 3.00. The summed E-state index contributed by atoms with van der Waals surface area (Å²) in [5.74, 6) is 0.908. The minimum Gasteiger partial charge on any atom is -0.366 e. The summed E-state index contributed by atoms with van der Waals surface area (Å²) in [6.45, 7) is 5.84. The largest absolute Gasteiger partial charge is 0.366 e. The number of thioether (sulfide) groups is 1. The van der Waals surface area contributed by atoms with E-state index in [0.717, 1.165) is 23.0 Å². The number of ketones is 1. The number of Topliss-reactive ketones (excluding diaryl/α,β-unsaturated/α-hetero) is 1. The predicted octanol–water partition coefficient (Wildman–Crippen LogP) is 5.24. The van der Waals surface area contributed by atoms with Gasteiger partial charge in [0.05, 0.1) is 9.77 Å². The molecule has 3 N–H and O–H groups in total. The van der Waals surface area contributed by atoms with Crippen LogP contribution in [-0.2, 0) is 9.59 Å². The van der Waals surface area contributed by atoms with Crippen LogP contribution < -0.4 is 11.1 Å². The standard InChI is InChI=1S/C20H32N2O3S2/c1-4-6-8-15(5-2)9-7-10-16(24)11-12-26-18-13-17(19(21)25)20(27-18)22-14(3)23/h13,15H,4-12H2,1-3H3,(H2,21,25)(H,22,23). The van der Waals surface area contributed by atoms with Gasteiger partial charge in [0.25, 0.3) is 5.91 Å². The molecule has 1 heterocycles. The third kappa shape index (κ3) is 9.42. The fourth-order valence-corrected chi connectivity index (χ4v) is 5.21. The smallest absolute Gasteiger partial charge is 0.251 e. The zero-order valence-electron chi connectivity index (χ0n) is 16.6. The number of amides is 2. The van der Waals surface area contributed by atoms with Crippen molar-refractivity contribution < 1.29 is 14.4 Å². The topological polar surface area (TPSA) is 89.3 Å². The zero-order valence-corrected chi connectivity index (χ0v) is 18.3. The molecular formula is C20H32N2O3S2. The Hall–Kier alpha value is -1.34. The molecule has 0 aliphatic heterocycles. The summed E-state index contributed by atoms with van der Waals surface area (Å²) in [6, 6.07) is 1.69. The van der Waals surface area contributed by atoms with Crippen LogP contribution in [0, 0.1) is 5.92 Å². The van der Waals surface area contributed by atoms with Gasteiger partial charge in [-0.25, -0.2) is 0 Å². The van der Waals surface area contributed by atoms with E-state index in [4.69, 9.17) is 5.73 Å². The van der Waals surface area contributed by atoms with Crippen molar-refractivity contribution >= 4 is 45.7 Å². The number of nitrogens with two attached hydrogens (primary N) is 1. The Morgan fingerprint density at radius 3 is 2.48 bits per heavy atom. The zero-order chi connectivity index (χ0) is 20.2. The lowest BCUT2D eigenvalue weighted by atomic mass is 9.93. The van der Waals surface area contributed by atoms with Gasteiger partial charge in [-0.05, 0) is 18.4 Å². The van der Waals surface area contributed by atoms with E-state index in [0.29, 0.717) is 34.9 Å². The molecule has 1 aromatic heterocycles. The van der Waals surface area contributed by atoms with Crippen molar-refractivity contribution in [2.24, 2.45) is 11.7 Å². The first kappa shape index (κ1) is 23.7. The lowest BCUT2D eigenvalue weighted by Gasteiger charge is -2.13. The number of thiophene rings is 1. The molecule has 1 rings (SSSR count). The Labute approximate surface area is 170 Å². The number of carbonyl (C=O) groups excluding carboxylic acids is 3. The van der Waals surface area contributed by atoms with Gasteiger partial charge in [-0.15, -0.1) is 23.1 Å². The van der Waals surface area contributed by atoms with E-state index in [1.165, 1.54) is 55.7 Å². The molecule has 152 valence electrons. The maximum Gasteiger partial charge on any atom is 0.251 e. The molecule has 1 aromatic rings. The molecule has 7 heteroatoms. The van der Waals surface area contributed by atoms with Crippen molar-refractivity contribution in [1.82, 2.24) is 0 Å². The highest BCUT2D eigenvalue weighted by molar-refractivity contribution is 8.01. The van der Waals surface area contributed by atoms with Gasteiger partial charge in [-0.1, -0.05) is 46.0 Å². The van der Waals surface area contributed by atoms with E-state index in [2.05, 4.69) is 19.2 Å². The van der Waals surface area contributed by atoms with Crippen LogP contribution in [0.15, 0.2) is 10.3 Å². The van der Waals surface area contributed by atoms with Gasteiger partial charge in [-0.3, -0.25) is 14.4 Å². The van der Waals surface area contributed by atoms with Gasteiger partial charge < -0.3 is 11.1 Å². The summed E-state index contributed by atoms with van der Waals surface area (Å²) < 4.78 is 0.881. The van der Waals surface area contributed by atoms with Gasteiger partial charge in [0.1, 0.15) is 10.8 Å². The molecule has 1 unspecified atom stereocenters. The monoisotopic (exact) mass is 412 g/mol. The molecule has 0 aromatic carbocycles. The van der Waals surface area contributed by atoms with Crippen LogP contribution >= 0.6 is 23.1 Å². The summed E-state index contributed by atoms with van der Waals surface area (Å²) in [4.78, 5) is 34.8. The van der Waals surface area contributed by atoms with E-state index in [-0.39, 0.29) is 5.91 Å². The molecular weight excluding hydrogens is 380 g/mol. The van der Waals surface area contributed by atoms with Crippen LogP contribution in [0.5, 0.6) is 0 Å². The second-order valence-electron chi connectivity index (χ2n) is 6.80. The quantitative estimate of drug-likeness (QED) is 0.409. The third-order valence-corrected chi connectivity index (χ3v) is 6.76. The van der Waals surface area contributed by atoms with Gasteiger partial charge in [0.15, 0.2) is 0 Å². The van der Waals surface area contributed by atoms with Crippen molar-refractivity contribution in [3.8, 4) is 0 Å². The molecule has 0 aliphatic carbocycles. The van der Waals surface area contributed by atoms with Crippen molar-refractivity contribution in [1.29, 1.82) is 0 Å². The third-order valence-electron chi connectivity index (χ3n) is 4.50. The lowest BCUT2D eigenvalue weighted by Crippen LogP contribution is -2.14. The summed E-state index contributed by atoms with van der Waals surface area (Å²) in [5, 5.41) is 3.10.